The van der Waals surface area contributed by atoms with Crippen LogP contribution in [-0.4, -0.2) is 54.1 Å². The Morgan fingerprint density at radius 1 is 1.07 bits per heavy atom. The Balaban J connectivity index is 1.51. The topological polar surface area (TPSA) is 87.1 Å². The van der Waals surface area contributed by atoms with Gasteiger partial charge in [-0.1, -0.05) is 12.1 Å². The fraction of sp³-hybridized carbons (Fsp3) is 0.190. The summed E-state index contributed by atoms with van der Waals surface area (Å²) >= 11 is 0. The first kappa shape index (κ1) is 17.3. The lowest BCUT2D eigenvalue weighted by Gasteiger charge is -2.24. The van der Waals surface area contributed by atoms with Gasteiger partial charge in [0.2, 0.25) is 0 Å². The Labute approximate surface area is 167 Å². The van der Waals surface area contributed by atoms with Gasteiger partial charge in [0.05, 0.1) is 38.2 Å². The minimum absolute atomic E-state index is 0.652. The van der Waals surface area contributed by atoms with E-state index in [1.807, 2.05) is 36.7 Å². The number of amidine groups is 2. The van der Waals surface area contributed by atoms with Crippen LogP contribution in [0.3, 0.4) is 0 Å². The van der Waals surface area contributed by atoms with E-state index in [1.54, 1.807) is 14.2 Å². The number of aromatic amines is 1. The minimum atomic E-state index is 0.652. The van der Waals surface area contributed by atoms with Gasteiger partial charge in [-0.2, -0.15) is 5.10 Å². The first-order valence-electron chi connectivity index (χ1n) is 9.30. The van der Waals surface area contributed by atoms with Crippen LogP contribution in [0.15, 0.2) is 58.8 Å². The van der Waals surface area contributed by atoms with Gasteiger partial charge in [-0.25, -0.2) is 4.99 Å². The maximum absolute atomic E-state index is 5.41. The van der Waals surface area contributed by atoms with E-state index in [0.29, 0.717) is 17.3 Å². The average Bonchev–Trinajstić information content (AvgIpc) is 3.42. The molecule has 2 aliphatic rings. The minimum Gasteiger partial charge on any atom is -0.493 e. The van der Waals surface area contributed by atoms with Crippen LogP contribution in [0, 0.1) is 0 Å². The molecule has 0 fully saturated rings. The predicted octanol–water partition coefficient (Wildman–Crippen LogP) is 3.12. The Morgan fingerprint density at radius 2 is 1.97 bits per heavy atom. The lowest BCUT2D eigenvalue weighted by atomic mass is 10.1. The van der Waals surface area contributed by atoms with Crippen molar-refractivity contribution in [3.63, 3.8) is 0 Å². The second-order valence-corrected chi connectivity index (χ2v) is 6.74. The summed E-state index contributed by atoms with van der Waals surface area (Å²) in [7, 11) is 3.24. The summed E-state index contributed by atoms with van der Waals surface area (Å²) in [6.07, 6.45) is 3.86. The van der Waals surface area contributed by atoms with Crippen molar-refractivity contribution >= 4 is 34.0 Å². The van der Waals surface area contributed by atoms with Crippen molar-refractivity contribution in [3.05, 3.63) is 54.4 Å². The van der Waals surface area contributed by atoms with E-state index in [1.165, 1.54) is 0 Å². The summed E-state index contributed by atoms with van der Waals surface area (Å²) in [5.41, 5.74) is 3.71. The van der Waals surface area contributed by atoms with E-state index < -0.39 is 0 Å². The number of hydrogen-bond acceptors (Lipinski definition) is 7. The largest absolute Gasteiger partial charge is 0.493 e. The van der Waals surface area contributed by atoms with Crippen LogP contribution >= 0.6 is 0 Å². The van der Waals surface area contributed by atoms with Crippen molar-refractivity contribution in [2.24, 2.45) is 9.98 Å². The maximum Gasteiger partial charge on any atom is 0.174 e. The standard InChI is InChI=1S/C21H20N6O2/c1-28-18-6-5-15(10-19(18)29-2)24-20-21-22-7-8-27(21)12-17(25-20)13-3-4-14-11-23-26-16(14)9-13/h3-6,9-12H,7-8H2,1-2H3,(H,23,26)(H,24,25). The molecule has 5 rings (SSSR count). The van der Waals surface area contributed by atoms with Crippen LogP contribution in [-0.2, 0) is 0 Å². The van der Waals surface area contributed by atoms with E-state index in [-0.39, 0.29) is 0 Å². The van der Waals surface area contributed by atoms with Crippen molar-refractivity contribution in [2.45, 2.75) is 0 Å². The number of nitrogens with zero attached hydrogens (tertiary/aromatic N) is 4. The lowest BCUT2D eigenvalue weighted by molar-refractivity contribution is 0.355. The average molecular weight is 388 g/mol. The van der Waals surface area contributed by atoms with Crippen molar-refractivity contribution < 1.29 is 9.47 Å². The molecule has 0 saturated heterocycles. The number of hydrogen-bond donors (Lipinski definition) is 2. The van der Waals surface area contributed by atoms with Gasteiger partial charge in [-0.05, 0) is 18.2 Å². The highest BCUT2D eigenvalue weighted by Crippen LogP contribution is 2.31. The molecule has 3 aromatic rings. The van der Waals surface area contributed by atoms with Crippen LogP contribution in [0.1, 0.15) is 5.56 Å². The Hall–Kier alpha value is -3.81. The maximum atomic E-state index is 5.41. The second kappa shape index (κ2) is 6.97. The van der Waals surface area contributed by atoms with Gasteiger partial charge in [0.1, 0.15) is 0 Å². The molecule has 0 aliphatic carbocycles. The van der Waals surface area contributed by atoms with Gasteiger partial charge in [-0.15, -0.1) is 0 Å². The van der Waals surface area contributed by atoms with E-state index >= 15 is 0 Å². The summed E-state index contributed by atoms with van der Waals surface area (Å²) in [5.74, 6) is 2.87. The molecule has 0 unspecified atom stereocenters. The van der Waals surface area contributed by atoms with E-state index in [0.717, 1.165) is 46.8 Å². The molecular weight excluding hydrogens is 368 g/mol. The quantitative estimate of drug-likeness (QED) is 0.717. The number of anilines is 1. The highest BCUT2D eigenvalue weighted by molar-refractivity contribution is 6.46. The number of rotatable bonds is 4. The molecule has 8 nitrogen and oxygen atoms in total. The molecule has 146 valence electrons. The Kier molecular flexibility index (Phi) is 4.16. The molecule has 0 spiro atoms. The van der Waals surface area contributed by atoms with Gasteiger partial charge in [-0.3, -0.25) is 10.1 Å². The SMILES string of the molecule is COc1ccc(NC2=NC(c3ccc4cn[nH]c4c3)=CN3CCN=C23)cc1OC. The summed E-state index contributed by atoms with van der Waals surface area (Å²) in [6.45, 7) is 1.57. The third-order valence-corrected chi connectivity index (χ3v) is 4.98. The predicted molar refractivity (Wildman–Crippen MR) is 114 cm³/mol. The second-order valence-electron chi connectivity index (χ2n) is 6.74. The van der Waals surface area contributed by atoms with Crippen LogP contribution in [0.5, 0.6) is 11.5 Å². The van der Waals surface area contributed by atoms with Gasteiger partial charge in [0, 0.05) is 35.4 Å². The summed E-state index contributed by atoms with van der Waals surface area (Å²) in [5, 5.41) is 11.6. The van der Waals surface area contributed by atoms with Crippen molar-refractivity contribution in [1.29, 1.82) is 0 Å². The van der Waals surface area contributed by atoms with Crippen molar-refractivity contribution in [1.82, 2.24) is 15.1 Å². The smallest absolute Gasteiger partial charge is 0.174 e. The molecule has 0 amide bonds. The molecule has 0 atom stereocenters. The van der Waals surface area contributed by atoms with Crippen molar-refractivity contribution in [2.75, 3.05) is 32.6 Å². The number of nitrogens with one attached hydrogen (secondary N) is 2. The third-order valence-electron chi connectivity index (χ3n) is 4.98. The summed E-state index contributed by atoms with van der Waals surface area (Å²) < 4.78 is 10.7. The summed E-state index contributed by atoms with van der Waals surface area (Å²) in [6, 6.07) is 11.8. The van der Waals surface area contributed by atoms with Crippen LogP contribution in [0.2, 0.25) is 0 Å². The number of methoxy groups -OCH3 is 2. The molecule has 2 aliphatic heterocycles. The molecule has 0 radical (unpaired) electrons. The van der Waals surface area contributed by atoms with Gasteiger partial charge >= 0.3 is 0 Å². The highest BCUT2D eigenvalue weighted by Gasteiger charge is 2.26. The number of ether oxygens (including phenoxy) is 2. The third kappa shape index (κ3) is 3.08. The molecule has 3 heterocycles. The molecule has 1 aromatic heterocycles. The molecule has 2 N–H and O–H groups in total. The van der Waals surface area contributed by atoms with Crippen molar-refractivity contribution in [3.8, 4) is 11.5 Å². The zero-order valence-corrected chi connectivity index (χ0v) is 16.1. The molecule has 8 heteroatoms. The van der Waals surface area contributed by atoms with Gasteiger partial charge in [0.25, 0.3) is 0 Å². The van der Waals surface area contributed by atoms with Gasteiger partial charge in [0.15, 0.2) is 23.2 Å². The zero-order chi connectivity index (χ0) is 19.8. The number of aliphatic imine (C=N–C) groups is 2. The number of benzene rings is 2. The first-order valence-corrected chi connectivity index (χ1v) is 9.30. The molecule has 0 bridgehead atoms. The van der Waals surface area contributed by atoms with E-state index in [4.69, 9.17) is 14.5 Å². The van der Waals surface area contributed by atoms with Gasteiger partial charge < -0.3 is 19.7 Å². The molecular formula is C21H20N6O2. The highest BCUT2D eigenvalue weighted by atomic mass is 16.5. The Morgan fingerprint density at radius 3 is 2.83 bits per heavy atom. The van der Waals surface area contributed by atoms with Crippen LogP contribution < -0.4 is 14.8 Å². The van der Waals surface area contributed by atoms with E-state index in [9.17, 15) is 0 Å². The monoisotopic (exact) mass is 388 g/mol. The van der Waals surface area contributed by atoms with E-state index in [2.05, 4.69) is 37.5 Å². The van der Waals surface area contributed by atoms with Crippen LogP contribution in [0.25, 0.3) is 16.6 Å². The summed E-state index contributed by atoms with van der Waals surface area (Å²) in [4.78, 5) is 11.6. The zero-order valence-electron chi connectivity index (χ0n) is 16.1. The number of fused-ring (bicyclic) bond motifs is 2. The molecule has 29 heavy (non-hydrogen) atoms. The fourth-order valence-corrected chi connectivity index (χ4v) is 3.51. The number of H-pyrrole nitrogens is 1. The molecule has 0 saturated carbocycles. The molecule has 2 aromatic carbocycles. The Bertz CT molecular complexity index is 1180. The number of aromatic nitrogens is 2. The lowest BCUT2D eigenvalue weighted by Crippen LogP contribution is -2.36. The normalized spacial score (nSPS) is 15.5. The fourth-order valence-electron chi connectivity index (χ4n) is 3.51. The van der Waals surface area contributed by atoms with Crippen LogP contribution in [0.4, 0.5) is 5.69 Å². The first-order chi connectivity index (χ1) is 14.2.